The third-order valence-corrected chi connectivity index (χ3v) is 6.50. The molecule has 1 aliphatic carbocycles. The molecule has 22 heavy (non-hydrogen) atoms. The summed E-state index contributed by atoms with van der Waals surface area (Å²) in [5, 5.41) is 0. The zero-order valence-electron chi connectivity index (χ0n) is 11.9. The Morgan fingerprint density at radius 1 is 1.18 bits per heavy atom. The van der Waals surface area contributed by atoms with Crippen molar-refractivity contribution in [2.24, 2.45) is 5.92 Å². The fourth-order valence-electron chi connectivity index (χ4n) is 2.49. The zero-order chi connectivity index (χ0) is 15.7. The van der Waals surface area contributed by atoms with Crippen LogP contribution in [0.25, 0.3) is 0 Å². The minimum absolute atomic E-state index is 0.254. The van der Waals surface area contributed by atoms with Crippen molar-refractivity contribution in [1.82, 2.24) is 10.9 Å². The molecule has 2 heterocycles. The number of carbonyl (C=O) groups excluding carboxylic acids is 2. The fourth-order valence-corrected chi connectivity index (χ4v) is 4.88. The van der Waals surface area contributed by atoms with Crippen LogP contribution >= 0.6 is 38.6 Å². The molecule has 1 atom stereocenters. The van der Waals surface area contributed by atoms with E-state index in [1.54, 1.807) is 12.1 Å². The summed E-state index contributed by atoms with van der Waals surface area (Å²) >= 11 is 6.16. The van der Waals surface area contributed by atoms with E-state index in [1.807, 2.05) is 6.07 Å². The molecule has 2 aromatic rings. The Morgan fingerprint density at radius 3 is 2.59 bits per heavy atom. The van der Waals surface area contributed by atoms with E-state index in [9.17, 15) is 9.59 Å². The molecule has 0 radical (unpaired) electrons. The van der Waals surface area contributed by atoms with Gasteiger partial charge in [0.2, 0.25) is 0 Å². The molecule has 0 aromatic carbocycles. The fraction of sp³-hybridized carbons (Fsp3) is 0.333. The maximum absolute atomic E-state index is 12.2. The van der Waals surface area contributed by atoms with E-state index in [1.165, 1.54) is 39.5 Å². The number of hydrazine groups is 1. The van der Waals surface area contributed by atoms with Crippen LogP contribution in [0.4, 0.5) is 0 Å². The highest BCUT2D eigenvalue weighted by Crippen LogP contribution is 2.32. The first kappa shape index (κ1) is 15.7. The lowest BCUT2D eigenvalue weighted by Gasteiger charge is -2.16. The van der Waals surface area contributed by atoms with Crippen molar-refractivity contribution in [3.05, 3.63) is 42.2 Å². The third-order valence-electron chi connectivity index (χ3n) is 3.64. The highest BCUT2D eigenvalue weighted by atomic mass is 79.9. The first-order valence-corrected chi connectivity index (χ1v) is 9.43. The quantitative estimate of drug-likeness (QED) is 0.756. The maximum Gasteiger partial charge on any atom is 0.279 e. The second-order valence-corrected chi connectivity index (χ2v) is 9.02. The normalized spacial score (nSPS) is 16.9. The Labute approximate surface area is 145 Å². The average Bonchev–Trinajstić information content (AvgIpc) is 3.10. The Hall–Kier alpha value is -1.18. The van der Waals surface area contributed by atoms with E-state index in [-0.39, 0.29) is 11.8 Å². The van der Waals surface area contributed by atoms with Gasteiger partial charge in [0.05, 0.1) is 13.5 Å². The standard InChI is InChI=1S/C15H15BrN2O2S2/c1-8-2-3-10-9(6-8)7-12(21-10)15(20)18-17-14(19)11-4-5-13(16)22-11/h4-5,7-8H,2-3,6H2,1H3,(H,17,19)(H,18,20)/t8-/m1/s1. The molecule has 116 valence electrons. The van der Waals surface area contributed by atoms with Crippen LogP contribution in [0.15, 0.2) is 22.0 Å². The summed E-state index contributed by atoms with van der Waals surface area (Å²) < 4.78 is 0.879. The van der Waals surface area contributed by atoms with Gasteiger partial charge in [-0.15, -0.1) is 22.7 Å². The van der Waals surface area contributed by atoms with Crippen molar-refractivity contribution in [2.45, 2.75) is 26.2 Å². The topological polar surface area (TPSA) is 58.2 Å². The molecule has 4 nitrogen and oxygen atoms in total. The number of hydrogen-bond donors (Lipinski definition) is 2. The van der Waals surface area contributed by atoms with E-state index >= 15 is 0 Å². The molecule has 0 aliphatic heterocycles. The van der Waals surface area contributed by atoms with Crippen LogP contribution in [0, 0.1) is 5.92 Å². The van der Waals surface area contributed by atoms with E-state index in [2.05, 4.69) is 33.7 Å². The van der Waals surface area contributed by atoms with Gasteiger partial charge in [0.15, 0.2) is 0 Å². The molecule has 0 spiro atoms. The number of nitrogens with one attached hydrogen (secondary N) is 2. The molecule has 0 bridgehead atoms. The molecular weight excluding hydrogens is 384 g/mol. The lowest BCUT2D eigenvalue weighted by atomic mass is 9.90. The van der Waals surface area contributed by atoms with Crippen LogP contribution in [-0.4, -0.2) is 11.8 Å². The van der Waals surface area contributed by atoms with Crippen molar-refractivity contribution in [3.63, 3.8) is 0 Å². The largest absolute Gasteiger partial charge is 0.279 e. The second-order valence-electron chi connectivity index (χ2n) is 5.42. The number of rotatable bonds is 2. The Morgan fingerprint density at radius 2 is 1.91 bits per heavy atom. The first-order chi connectivity index (χ1) is 10.5. The monoisotopic (exact) mass is 398 g/mol. The summed E-state index contributed by atoms with van der Waals surface area (Å²) in [5.74, 6) is 0.116. The predicted octanol–water partition coefficient (Wildman–Crippen LogP) is 3.77. The summed E-state index contributed by atoms with van der Waals surface area (Å²) in [6.07, 6.45) is 3.26. The Kier molecular flexibility index (Phi) is 4.65. The number of fused-ring (bicyclic) bond motifs is 1. The highest BCUT2D eigenvalue weighted by molar-refractivity contribution is 9.11. The second kappa shape index (κ2) is 6.52. The van der Waals surface area contributed by atoms with E-state index < -0.39 is 0 Å². The minimum atomic E-state index is -0.306. The lowest BCUT2D eigenvalue weighted by molar-refractivity contribution is 0.0851. The van der Waals surface area contributed by atoms with Crippen molar-refractivity contribution in [1.29, 1.82) is 0 Å². The summed E-state index contributed by atoms with van der Waals surface area (Å²) in [7, 11) is 0. The molecule has 2 N–H and O–H groups in total. The van der Waals surface area contributed by atoms with Crippen LogP contribution in [0.5, 0.6) is 0 Å². The molecule has 1 aliphatic rings. The van der Waals surface area contributed by atoms with Gasteiger partial charge in [0.1, 0.15) is 0 Å². The summed E-state index contributed by atoms with van der Waals surface area (Å²) in [4.78, 5) is 26.6. The van der Waals surface area contributed by atoms with Crippen LogP contribution in [0.3, 0.4) is 0 Å². The molecule has 0 saturated carbocycles. The third kappa shape index (κ3) is 3.42. The van der Waals surface area contributed by atoms with Gasteiger partial charge in [-0.05, 0) is 64.9 Å². The smallest absolute Gasteiger partial charge is 0.266 e. The number of aryl methyl sites for hydroxylation is 1. The van der Waals surface area contributed by atoms with Crippen molar-refractivity contribution < 1.29 is 9.59 Å². The molecule has 0 saturated heterocycles. The number of hydrogen-bond acceptors (Lipinski definition) is 4. The maximum atomic E-state index is 12.2. The summed E-state index contributed by atoms with van der Waals surface area (Å²) in [5.41, 5.74) is 6.23. The van der Waals surface area contributed by atoms with Crippen LogP contribution in [0.2, 0.25) is 0 Å². The molecular formula is C15H15BrN2O2S2. The predicted molar refractivity (Wildman–Crippen MR) is 92.5 cm³/mol. The zero-order valence-corrected chi connectivity index (χ0v) is 15.2. The van der Waals surface area contributed by atoms with Crippen molar-refractivity contribution >= 4 is 50.4 Å². The number of carbonyl (C=O) groups is 2. The average molecular weight is 399 g/mol. The SMILES string of the molecule is C[C@@H]1CCc2sc(C(=O)NNC(=O)c3ccc(Br)s3)cc2C1. The Balaban J connectivity index is 1.62. The van der Waals surface area contributed by atoms with Crippen LogP contribution in [0.1, 0.15) is 43.1 Å². The first-order valence-electron chi connectivity index (χ1n) is 7.00. The number of thiophene rings is 2. The highest BCUT2D eigenvalue weighted by Gasteiger charge is 2.21. The van der Waals surface area contributed by atoms with Crippen molar-refractivity contribution in [2.75, 3.05) is 0 Å². The van der Waals surface area contributed by atoms with Gasteiger partial charge in [-0.2, -0.15) is 0 Å². The van der Waals surface area contributed by atoms with E-state index in [4.69, 9.17) is 0 Å². The molecule has 3 rings (SSSR count). The number of amides is 2. The van der Waals surface area contributed by atoms with Gasteiger partial charge in [-0.3, -0.25) is 20.4 Å². The molecule has 7 heteroatoms. The van der Waals surface area contributed by atoms with Gasteiger partial charge in [0.25, 0.3) is 11.8 Å². The minimum Gasteiger partial charge on any atom is -0.266 e. The Bertz CT molecular complexity index is 723. The van der Waals surface area contributed by atoms with E-state index in [0.29, 0.717) is 15.7 Å². The molecule has 0 unspecified atom stereocenters. The van der Waals surface area contributed by atoms with Gasteiger partial charge in [0, 0.05) is 4.88 Å². The van der Waals surface area contributed by atoms with Crippen LogP contribution < -0.4 is 10.9 Å². The molecule has 0 fully saturated rings. The van der Waals surface area contributed by atoms with Gasteiger partial charge < -0.3 is 0 Å². The van der Waals surface area contributed by atoms with Crippen molar-refractivity contribution in [3.8, 4) is 0 Å². The molecule has 2 aromatic heterocycles. The number of halogens is 1. The summed E-state index contributed by atoms with van der Waals surface area (Å²) in [6, 6.07) is 5.47. The lowest BCUT2D eigenvalue weighted by Crippen LogP contribution is -2.41. The van der Waals surface area contributed by atoms with Gasteiger partial charge in [-0.25, -0.2) is 0 Å². The summed E-state index contributed by atoms with van der Waals surface area (Å²) in [6.45, 7) is 2.24. The van der Waals surface area contributed by atoms with Gasteiger partial charge in [-0.1, -0.05) is 6.92 Å². The molecule has 2 amide bonds. The van der Waals surface area contributed by atoms with E-state index in [0.717, 1.165) is 16.6 Å². The van der Waals surface area contributed by atoms with Crippen LogP contribution in [-0.2, 0) is 12.8 Å². The van der Waals surface area contributed by atoms with Gasteiger partial charge >= 0.3 is 0 Å².